The Morgan fingerprint density at radius 2 is 1.40 bits per heavy atom. The molecule has 216 valence electrons. The van der Waals surface area contributed by atoms with Crippen molar-refractivity contribution in [1.29, 1.82) is 0 Å². The zero-order valence-corrected chi connectivity index (χ0v) is 24.1. The first-order chi connectivity index (χ1) is 22.1. The molecule has 0 radical (unpaired) electrons. The average molecular weight is 588 g/mol. The lowest BCUT2D eigenvalue weighted by atomic mass is 9.92. The van der Waals surface area contributed by atoms with E-state index >= 15 is 0 Å². The summed E-state index contributed by atoms with van der Waals surface area (Å²) in [6.45, 7) is 1.97. The number of aromatic nitrogens is 3. The Hall–Kier alpha value is -6.05. The molecule has 0 bridgehead atoms. The molecule has 45 heavy (non-hydrogen) atoms. The van der Waals surface area contributed by atoms with Crippen LogP contribution in [-0.2, 0) is 4.89 Å². The van der Waals surface area contributed by atoms with E-state index in [1.54, 1.807) is 18.3 Å². The van der Waals surface area contributed by atoms with Crippen LogP contribution in [-0.4, -0.2) is 25.8 Å². The zero-order chi connectivity index (χ0) is 30.5. The largest absolute Gasteiger partial charge is 0.455 e. The second-order valence-corrected chi connectivity index (χ2v) is 10.8. The molecule has 0 aliphatic carbocycles. The molecule has 5 aromatic carbocycles. The molecule has 0 saturated heterocycles. The molecule has 0 amide bonds. The van der Waals surface area contributed by atoms with Crippen molar-refractivity contribution in [1.82, 2.24) is 14.5 Å². The fourth-order valence-corrected chi connectivity index (χ4v) is 6.22. The number of aryl methyl sites for hydroxylation is 1. The van der Waals surface area contributed by atoms with Gasteiger partial charge in [-0.3, -0.25) is 14.4 Å². The molecule has 7 nitrogen and oxygen atoms in total. The second kappa shape index (κ2) is 10.6. The normalized spacial score (nSPS) is 11.4. The molecule has 8 rings (SSSR count). The molecule has 0 saturated carbocycles. The highest BCUT2D eigenvalue weighted by molar-refractivity contribution is 6.10. The number of imidazole rings is 1. The minimum absolute atomic E-state index is 0.208. The molecule has 0 spiro atoms. The maximum atomic E-state index is 12.9. The SMILES string of the molecule is Cc1nccc2nc(-c3cccc4c3oc3ccccc34)n(-c3c(-c4ccccc4)cc(C(=O)OO)cc3-c3ccccc3)c12. The summed E-state index contributed by atoms with van der Waals surface area (Å²) in [5.74, 6) is -0.186. The minimum atomic E-state index is -0.850. The first-order valence-corrected chi connectivity index (χ1v) is 14.5. The van der Waals surface area contributed by atoms with Crippen LogP contribution >= 0.6 is 0 Å². The van der Waals surface area contributed by atoms with E-state index in [1.165, 1.54) is 0 Å². The number of hydrogen-bond acceptors (Lipinski definition) is 6. The summed E-state index contributed by atoms with van der Waals surface area (Å²) < 4.78 is 8.62. The number of fused-ring (bicyclic) bond motifs is 4. The van der Waals surface area contributed by atoms with Gasteiger partial charge in [-0.25, -0.2) is 9.78 Å². The Kier molecular flexibility index (Phi) is 6.25. The third-order valence-corrected chi connectivity index (χ3v) is 8.21. The summed E-state index contributed by atoms with van der Waals surface area (Å²) in [6.07, 6.45) is 1.76. The number of nitrogens with zero attached hydrogens (tertiary/aromatic N) is 3. The Labute approximate surface area is 257 Å². The van der Waals surface area contributed by atoms with Gasteiger partial charge < -0.3 is 4.42 Å². The lowest BCUT2D eigenvalue weighted by molar-refractivity contribution is -0.182. The molecular formula is C38H25N3O4. The summed E-state index contributed by atoms with van der Waals surface area (Å²) in [6, 6.07) is 39.2. The van der Waals surface area contributed by atoms with Gasteiger partial charge in [-0.15, -0.1) is 0 Å². The van der Waals surface area contributed by atoms with Crippen molar-refractivity contribution in [3.8, 4) is 39.3 Å². The molecule has 0 aliphatic rings. The molecule has 8 aromatic rings. The monoisotopic (exact) mass is 587 g/mol. The van der Waals surface area contributed by atoms with Crippen molar-refractivity contribution in [2.75, 3.05) is 0 Å². The van der Waals surface area contributed by atoms with E-state index < -0.39 is 5.97 Å². The molecule has 0 fully saturated rings. The van der Waals surface area contributed by atoms with Crippen molar-refractivity contribution in [3.63, 3.8) is 0 Å². The van der Waals surface area contributed by atoms with E-state index in [1.807, 2.05) is 104 Å². The number of pyridine rings is 1. The fourth-order valence-electron chi connectivity index (χ4n) is 6.22. The molecule has 0 atom stereocenters. The number of benzene rings is 5. The Morgan fingerprint density at radius 1 is 0.756 bits per heavy atom. The van der Waals surface area contributed by atoms with E-state index in [0.717, 1.165) is 72.2 Å². The number of carbonyl (C=O) groups excluding carboxylic acids is 1. The van der Waals surface area contributed by atoms with Crippen molar-refractivity contribution < 1.29 is 19.4 Å². The van der Waals surface area contributed by atoms with Gasteiger partial charge in [0.05, 0.1) is 33.5 Å². The lowest BCUT2D eigenvalue weighted by Gasteiger charge is -2.21. The molecule has 7 heteroatoms. The van der Waals surface area contributed by atoms with Gasteiger partial charge in [0.25, 0.3) is 0 Å². The van der Waals surface area contributed by atoms with Crippen LogP contribution in [0.25, 0.3) is 72.3 Å². The Bertz CT molecular complexity index is 2330. The van der Waals surface area contributed by atoms with Crippen LogP contribution < -0.4 is 0 Å². The van der Waals surface area contributed by atoms with Crippen LogP contribution in [0.2, 0.25) is 0 Å². The van der Waals surface area contributed by atoms with Gasteiger partial charge in [-0.1, -0.05) is 91.0 Å². The second-order valence-electron chi connectivity index (χ2n) is 10.8. The number of furan rings is 1. The molecule has 1 N–H and O–H groups in total. The minimum Gasteiger partial charge on any atom is -0.455 e. The van der Waals surface area contributed by atoms with Gasteiger partial charge in [-0.2, -0.15) is 5.26 Å². The number of hydrogen-bond donors (Lipinski definition) is 1. The third-order valence-electron chi connectivity index (χ3n) is 8.21. The standard InChI is InChI=1S/C38H25N3O4/c1-23-34-32(19-20-39-23)40-37(29-17-10-16-28-27-15-8-9-18-33(27)44-36(28)29)41(34)35-30(24-11-4-2-5-12-24)21-26(38(42)45-43)22-31(35)25-13-6-3-7-14-25/h2-22,43H,1H3. The van der Waals surface area contributed by atoms with E-state index in [4.69, 9.17) is 9.40 Å². The molecule has 3 aromatic heterocycles. The van der Waals surface area contributed by atoms with E-state index in [-0.39, 0.29) is 5.56 Å². The summed E-state index contributed by atoms with van der Waals surface area (Å²) in [5.41, 5.74) is 8.96. The predicted molar refractivity (Wildman–Crippen MR) is 175 cm³/mol. The molecule has 3 heterocycles. The van der Waals surface area contributed by atoms with Crippen LogP contribution in [0.15, 0.2) is 132 Å². The summed E-state index contributed by atoms with van der Waals surface area (Å²) in [7, 11) is 0. The molecule has 0 unspecified atom stereocenters. The van der Waals surface area contributed by atoms with Gasteiger partial charge in [0.2, 0.25) is 0 Å². The molecule has 0 aliphatic heterocycles. The Balaban J connectivity index is 1.57. The number of carbonyl (C=O) groups is 1. The van der Waals surface area contributed by atoms with Crippen molar-refractivity contribution in [3.05, 3.63) is 139 Å². The maximum Gasteiger partial charge on any atom is 0.372 e. The van der Waals surface area contributed by atoms with Gasteiger partial charge in [0.15, 0.2) is 0 Å². The van der Waals surface area contributed by atoms with Crippen molar-refractivity contribution in [2.45, 2.75) is 6.92 Å². The fraction of sp³-hybridized carbons (Fsp3) is 0.0263. The van der Waals surface area contributed by atoms with Crippen molar-refractivity contribution in [2.24, 2.45) is 0 Å². The number of rotatable bonds is 5. The molecular weight excluding hydrogens is 562 g/mol. The first kappa shape index (κ1) is 26.6. The quantitative estimate of drug-likeness (QED) is 0.159. The summed E-state index contributed by atoms with van der Waals surface area (Å²) in [4.78, 5) is 27.0. The van der Waals surface area contributed by atoms with Crippen LogP contribution in [0.1, 0.15) is 16.1 Å². The van der Waals surface area contributed by atoms with Crippen molar-refractivity contribution >= 4 is 38.9 Å². The van der Waals surface area contributed by atoms with Gasteiger partial charge >= 0.3 is 5.97 Å². The van der Waals surface area contributed by atoms with Crippen LogP contribution in [0.5, 0.6) is 0 Å². The highest BCUT2D eigenvalue weighted by Crippen LogP contribution is 2.43. The van der Waals surface area contributed by atoms with Crippen LogP contribution in [0, 0.1) is 6.92 Å². The van der Waals surface area contributed by atoms with E-state index in [2.05, 4.69) is 26.6 Å². The van der Waals surface area contributed by atoms with Crippen LogP contribution in [0.4, 0.5) is 0 Å². The average Bonchev–Trinajstić information content (AvgIpc) is 3.68. The highest BCUT2D eigenvalue weighted by atomic mass is 17.1. The van der Waals surface area contributed by atoms with Gasteiger partial charge in [0, 0.05) is 28.1 Å². The Morgan fingerprint density at radius 3 is 2.09 bits per heavy atom. The third kappa shape index (κ3) is 4.29. The van der Waals surface area contributed by atoms with Gasteiger partial charge in [-0.05, 0) is 48.4 Å². The first-order valence-electron chi connectivity index (χ1n) is 14.5. The topological polar surface area (TPSA) is 90.4 Å². The summed E-state index contributed by atoms with van der Waals surface area (Å²) in [5, 5.41) is 11.4. The van der Waals surface area contributed by atoms with Gasteiger partial charge in [0.1, 0.15) is 17.0 Å². The van der Waals surface area contributed by atoms with Crippen LogP contribution in [0.3, 0.4) is 0 Å². The maximum absolute atomic E-state index is 12.9. The lowest BCUT2D eigenvalue weighted by Crippen LogP contribution is -2.08. The highest BCUT2D eigenvalue weighted by Gasteiger charge is 2.26. The summed E-state index contributed by atoms with van der Waals surface area (Å²) >= 11 is 0. The number of para-hydroxylation sites is 2. The van der Waals surface area contributed by atoms with E-state index in [9.17, 15) is 10.1 Å². The predicted octanol–water partition coefficient (Wildman–Crippen LogP) is 9.26. The van der Waals surface area contributed by atoms with E-state index in [0.29, 0.717) is 5.82 Å². The zero-order valence-electron chi connectivity index (χ0n) is 24.1. The smallest absolute Gasteiger partial charge is 0.372 e.